The number of nitrogens with one attached hydrogen (secondary N) is 1. The van der Waals surface area contributed by atoms with Gasteiger partial charge in [-0.1, -0.05) is 19.9 Å². The monoisotopic (exact) mass is 444 g/mol. The first kappa shape index (κ1) is 22.6. The van der Waals surface area contributed by atoms with Gasteiger partial charge in [-0.3, -0.25) is 4.79 Å². The Kier molecular flexibility index (Phi) is 6.28. The van der Waals surface area contributed by atoms with E-state index in [1.165, 1.54) is 38.5 Å². The molecular formula is C22H25FN4O3S. The third-order valence-electron chi connectivity index (χ3n) is 4.87. The van der Waals surface area contributed by atoms with Crippen molar-refractivity contribution in [3.05, 3.63) is 71.3 Å². The fourth-order valence-corrected chi connectivity index (χ4v) is 4.37. The van der Waals surface area contributed by atoms with Crippen LogP contribution in [0.2, 0.25) is 0 Å². The van der Waals surface area contributed by atoms with Crippen molar-refractivity contribution in [2.24, 2.45) is 0 Å². The number of carbonyl (C=O) groups is 1. The van der Waals surface area contributed by atoms with Gasteiger partial charge in [0.25, 0.3) is 5.91 Å². The van der Waals surface area contributed by atoms with Crippen LogP contribution in [-0.2, 0) is 10.0 Å². The zero-order valence-corrected chi connectivity index (χ0v) is 18.9. The second-order valence-electron chi connectivity index (χ2n) is 7.71. The van der Waals surface area contributed by atoms with Crippen molar-refractivity contribution in [3.63, 3.8) is 0 Å². The highest BCUT2D eigenvalue weighted by Crippen LogP contribution is 2.26. The average molecular weight is 445 g/mol. The van der Waals surface area contributed by atoms with Crippen LogP contribution in [0.3, 0.4) is 0 Å². The molecule has 31 heavy (non-hydrogen) atoms. The number of rotatable bonds is 6. The van der Waals surface area contributed by atoms with Crippen LogP contribution in [0.4, 0.5) is 10.1 Å². The number of aryl methyl sites for hydroxylation is 1. The topological polar surface area (TPSA) is 84.3 Å². The Morgan fingerprint density at radius 1 is 1.13 bits per heavy atom. The quantitative estimate of drug-likeness (QED) is 0.624. The number of aromatic nitrogens is 2. The Morgan fingerprint density at radius 2 is 1.77 bits per heavy atom. The fraction of sp³-hybridized carbons (Fsp3) is 0.273. The van der Waals surface area contributed by atoms with Crippen molar-refractivity contribution >= 4 is 21.6 Å². The zero-order chi connectivity index (χ0) is 22.9. The minimum absolute atomic E-state index is 0.0454. The smallest absolute Gasteiger partial charge is 0.259 e. The largest absolute Gasteiger partial charge is 0.322 e. The number of halogens is 1. The van der Waals surface area contributed by atoms with E-state index in [0.717, 1.165) is 4.31 Å². The van der Waals surface area contributed by atoms with Crippen LogP contribution < -0.4 is 5.32 Å². The van der Waals surface area contributed by atoms with Gasteiger partial charge in [-0.2, -0.15) is 5.10 Å². The van der Waals surface area contributed by atoms with E-state index in [4.69, 9.17) is 0 Å². The van der Waals surface area contributed by atoms with Crippen molar-refractivity contribution in [2.45, 2.75) is 31.6 Å². The van der Waals surface area contributed by atoms with E-state index in [2.05, 4.69) is 10.4 Å². The van der Waals surface area contributed by atoms with Gasteiger partial charge >= 0.3 is 0 Å². The van der Waals surface area contributed by atoms with E-state index in [9.17, 15) is 17.6 Å². The molecular weight excluding hydrogens is 419 g/mol. The summed E-state index contributed by atoms with van der Waals surface area (Å²) in [4.78, 5) is 13.2. The molecule has 3 rings (SSSR count). The number of hydrogen-bond donors (Lipinski definition) is 1. The summed E-state index contributed by atoms with van der Waals surface area (Å²) < 4.78 is 41.2. The van der Waals surface area contributed by atoms with Crippen molar-refractivity contribution in [3.8, 4) is 5.69 Å². The Bertz CT molecular complexity index is 1220. The number of sulfonamides is 1. The Labute approximate surface area is 181 Å². The molecule has 1 N–H and O–H groups in total. The van der Waals surface area contributed by atoms with Crippen LogP contribution in [0.15, 0.2) is 53.6 Å². The van der Waals surface area contributed by atoms with Crippen LogP contribution in [0.1, 0.15) is 41.4 Å². The molecule has 0 fully saturated rings. The van der Waals surface area contributed by atoms with Crippen LogP contribution >= 0.6 is 0 Å². The fourth-order valence-electron chi connectivity index (χ4n) is 3.23. The first-order valence-corrected chi connectivity index (χ1v) is 11.1. The van der Waals surface area contributed by atoms with Crippen LogP contribution in [0, 0.1) is 12.7 Å². The predicted molar refractivity (Wildman–Crippen MR) is 118 cm³/mol. The van der Waals surface area contributed by atoms with E-state index in [-0.39, 0.29) is 16.6 Å². The lowest BCUT2D eigenvalue weighted by Gasteiger charge is -2.16. The standard InChI is InChI=1S/C22H25FN4O3S/c1-14(2)21-19(13-24-27(21)18-10-7-16(23)8-11-18)22(28)25-17-9-6-15(3)20(12-17)31(29,30)26(4)5/h6-14H,1-5H3,(H,25,28). The molecule has 0 bridgehead atoms. The van der Waals surface area contributed by atoms with Crippen molar-refractivity contribution < 1.29 is 17.6 Å². The number of hydrogen-bond acceptors (Lipinski definition) is 4. The molecule has 7 nitrogen and oxygen atoms in total. The Balaban J connectivity index is 1.97. The van der Waals surface area contributed by atoms with E-state index >= 15 is 0 Å². The second-order valence-corrected chi connectivity index (χ2v) is 9.83. The van der Waals surface area contributed by atoms with Crippen LogP contribution in [0.25, 0.3) is 5.69 Å². The van der Waals surface area contributed by atoms with Gasteiger partial charge in [0.1, 0.15) is 5.82 Å². The summed E-state index contributed by atoms with van der Waals surface area (Å²) in [5, 5.41) is 7.10. The molecule has 0 aliphatic heterocycles. The molecule has 0 aliphatic rings. The lowest BCUT2D eigenvalue weighted by Crippen LogP contribution is -2.23. The molecule has 0 unspecified atom stereocenters. The van der Waals surface area contributed by atoms with Crippen molar-refractivity contribution in [1.29, 1.82) is 0 Å². The maximum Gasteiger partial charge on any atom is 0.259 e. The number of nitrogens with zero attached hydrogens (tertiary/aromatic N) is 3. The molecule has 2 aromatic carbocycles. The minimum Gasteiger partial charge on any atom is -0.322 e. The van der Waals surface area contributed by atoms with Gasteiger partial charge in [-0.05, 0) is 54.8 Å². The van der Waals surface area contributed by atoms with Gasteiger partial charge in [0.05, 0.1) is 28.0 Å². The first-order chi connectivity index (χ1) is 14.5. The lowest BCUT2D eigenvalue weighted by atomic mass is 10.0. The number of anilines is 1. The highest BCUT2D eigenvalue weighted by Gasteiger charge is 2.23. The summed E-state index contributed by atoms with van der Waals surface area (Å²) in [5.74, 6) is -0.812. The van der Waals surface area contributed by atoms with Crippen LogP contribution in [-0.4, -0.2) is 42.5 Å². The molecule has 164 valence electrons. The maximum absolute atomic E-state index is 13.3. The third kappa shape index (κ3) is 4.52. The number of carbonyl (C=O) groups excluding carboxylic acids is 1. The number of amides is 1. The predicted octanol–water partition coefficient (Wildman–Crippen LogP) is 3.95. The van der Waals surface area contributed by atoms with E-state index in [1.807, 2.05) is 13.8 Å². The summed E-state index contributed by atoms with van der Waals surface area (Å²) in [7, 11) is -0.738. The van der Waals surface area contributed by atoms with E-state index in [0.29, 0.717) is 28.2 Å². The van der Waals surface area contributed by atoms with E-state index < -0.39 is 15.9 Å². The van der Waals surface area contributed by atoms with Crippen molar-refractivity contribution in [1.82, 2.24) is 14.1 Å². The Morgan fingerprint density at radius 3 is 2.35 bits per heavy atom. The minimum atomic E-state index is -3.65. The summed E-state index contributed by atoms with van der Waals surface area (Å²) in [5.41, 5.74) is 2.60. The molecule has 1 heterocycles. The summed E-state index contributed by atoms with van der Waals surface area (Å²) >= 11 is 0. The first-order valence-electron chi connectivity index (χ1n) is 9.70. The molecule has 9 heteroatoms. The van der Waals surface area contributed by atoms with Gasteiger partial charge in [-0.25, -0.2) is 21.8 Å². The average Bonchev–Trinajstić information content (AvgIpc) is 3.15. The van der Waals surface area contributed by atoms with Crippen LogP contribution in [0.5, 0.6) is 0 Å². The highest BCUT2D eigenvalue weighted by molar-refractivity contribution is 7.89. The van der Waals surface area contributed by atoms with Gasteiger partial charge in [-0.15, -0.1) is 0 Å². The molecule has 3 aromatic rings. The zero-order valence-electron chi connectivity index (χ0n) is 18.0. The Hall–Kier alpha value is -3.04. The normalized spacial score (nSPS) is 11.9. The van der Waals surface area contributed by atoms with Gasteiger partial charge in [0.15, 0.2) is 0 Å². The van der Waals surface area contributed by atoms with Gasteiger partial charge in [0, 0.05) is 19.8 Å². The molecule has 0 spiro atoms. The third-order valence-corrected chi connectivity index (χ3v) is 6.83. The highest BCUT2D eigenvalue weighted by atomic mass is 32.2. The molecule has 1 aromatic heterocycles. The van der Waals surface area contributed by atoms with Gasteiger partial charge < -0.3 is 5.32 Å². The molecule has 0 saturated carbocycles. The SMILES string of the molecule is Cc1ccc(NC(=O)c2cnn(-c3ccc(F)cc3)c2C(C)C)cc1S(=O)(=O)N(C)C. The summed E-state index contributed by atoms with van der Waals surface area (Å²) in [6, 6.07) is 10.6. The van der Waals surface area contributed by atoms with Crippen molar-refractivity contribution in [2.75, 3.05) is 19.4 Å². The second kappa shape index (κ2) is 8.60. The molecule has 0 atom stereocenters. The lowest BCUT2D eigenvalue weighted by molar-refractivity contribution is 0.102. The summed E-state index contributed by atoms with van der Waals surface area (Å²) in [6.45, 7) is 5.56. The molecule has 0 aliphatic carbocycles. The molecule has 1 amide bonds. The molecule has 0 saturated heterocycles. The number of benzene rings is 2. The summed E-state index contributed by atoms with van der Waals surface area (Å²) in [6.07, 6.45) is 1.46. The van der Waals surface area contributed by atoms with E-state index in [1.54, 1.807) is 35.9 Å². The van der Waals surface area contributed by atoms with Gasteiger partial charge in [0.2, 0.25) is 10.0 Å². The maximum atomic E-state index is 13.3. The molecule has 0 radical (unpaired) electrons.